The summed E-state index contributed by atoms with van der Waals surface area (Å²) in [5.74, 6) is 0.563. The maximum Gasteiger partial charge on any atom is 0.131 e. The predicted molar refractivity (Wildman–Crippen MR) is 79.5 cm³/mol. The molecule has 2 N–H and O–H groups in total. The molecule has 0 amide bonds. The van der Waals surface area contributed by atoms with E-state index < -0.39 is 0 Å². The van der Waals surface area contributed by atoms with Gasteiger partial charge in [0.1, 0.15) is 5.82 Å². The summed E-state index contributed by atoms with van der Waals surface area (Å²) >= 11 is 0. The summed E-state index contributed by atoms with van der Waals surface area (Å²) in [7, 11) is 0. The zero-order valence-electron chi connectivity index (χ0n) is 10.5. The molecule has 19 heavy (non-hydrogen) atoms. The van der Waals surface area contributed by atoms with E-state index in [1.54, 1.807) is 6.20 Å². The quantitative estimate of drug-likeness (QED) is 0.742. The number of nitrogen functional groups attached to an aromatic ring is 1. The summed E-state index contributed by atoms with van der Waals surface area (Å²) < 4.78 is 0. The third-order valence-corrected chi connectivity index (χ3v) is 3.13. The lowest BCUT2D eigenvalue weighted by molar-refractivity contribution is 1.34. The molecule has 0 saturated heterocycles. The molecule has 1 aromatic heterocycles. The van der Waals surface area contributed by atoms with Crippen LogP contribution in [0.3, 0.4) is 0 Å². The highest BCUT2D eigenvalue weighted by Gasteiger charge is 2.10. The Morgan fingerprint density at radius 1 is 0.684 bits per heavy atom. The van der Waals surface area contributed by atoms with E-state index in [-0.39, 0.29) is 0 Å². The third kappa shape index (κ3) is 2.20. The fourth-order valence-electron chi connectivity index (χ4n) is 2.24. The summed E-state index contributed by atoms with van der Waals surface area (Å²) in [4.78, 5) is 4.22. The van der Waals surface area contributed by atoms with Crippen LogP contribution in [0.4, 0.5) is 5.82 Å². The van der Waals surface area contributed by atoms with Crippen LogP contribution >= 0.6 is 0 Å². The lowest BCUT2D eigenvalue weighted by atomic mass is 9.96. The van der Waals surface area contributed by atoms with Gasteiger partial charge in [0.25, 0.3) is 0 Å². The van der Waals surface area contributed by atoms with E-state index in [9.17, 15) is 0 Å². The first kappa shape index (κ1) is 11.5. The standard InChI is InChI=1S/C17H14N2/c18-17-16(14-9-5-2-6-10-14)15(11-12-19-17)13-7-3-1-4-8-13/h1-12H,(H2,18,19). The van der Waals surface area contributed by atoms with Crippen molar-refractivity contribution in [3.05, 3.63) is 72.9 Å². The smallest absolute Gasteiger partial charge is 0.131 e. The average molecular weight is 246 g/mol. The van der Waals surface area contributed by atoms with Crippen LogP contribution in [-0.2, 0) is 0 Å². The molecule has 2 nitrogen and oxygen atoms in total. The molecular weight excluding hydrogens is 232 g/mol. The van der Waals surface area contributed by atoms with Crippen LogP contribution < -0.4 is 5.73 Å². The Morgan fingerprint density at radius 2 is 1.26 bits per heavy atom. The molecule has 3 aromatic rings. The van der Waals surface area contributed by atoms with Crippen molar-refractivity contribution in [2.24, 2.45) is 0 Å². The van der Waals surface area contributed by atoms with E-state index in [2.05, 4.69) is 29.2 Å². The second-order valence-electron chi connectivity index (χ2n) is 4.35. The van der Waals surface area contributed by atoms with E-state index in [4.69, 9.17) is 5.73 Å². The van der Waals surface area contributed by atoms with E-state index in [1.807, 2.05) is 42.5 Å². The number of rotatable bonds is 2. The van der Waals surface area contributed by atoms with E-state index in [0.29, 0.717) is 5.82 Å². The number of nitrogens with two attached hydrogens (primary N) is 1. The molecule has 0 fully saturated rings. The van der Waals surface area contributed by atoms with Crippen LogP contribution in [-0.4, -0.2) is 4.98 Å². The lowest BCUT2D eigenvalue weighted by Gasteiger charge is -2.12. The summed E-state index contributed by atoms with van der Waals surface area (Å²) in [6.45, 7) is 0. The highest BCUT2D eigenvalue weighted by atomic mass is 14.8. The highest BCUT2D eigenvalue weighted by Crippen LogP contribution is 2.34. The molecule has 3 rings (SSSR count). The Morgan fingerprint density at radius 3 is 1.89 bits per heavy atom. The number of nitrogens with zero attached hydrogens (tertiary/aromatic N) is 1. The number of benzene rings is 2. The zero-order valence-corrected chi connectivity index (χ0v) is 10.5. The molecule has 1 heterocycles. The molecule has 0 spiro atoms. The lowest BCUT2D eigenvalue weighted by Crippen LogP contribution is -1.96. The minimum atomic E-state index is 0.563. The monoisotopic (exact) mass is 246 g/mol. The van der Waals surface area contributed by atoms with Crippen molar-refractivity contribution in [2.75, 3.05) is 5.73 Å². The molecule has 0 aliphatic heterocycles. The Balaban J connectivity index is 2.25. The predicted octanol–water partition coefficient (Wildman–Crippen LogP) is 4.00. The Bertz CT molecular complexity index is 676. The fourth-order valence-corrected chi connectivity index (χ4v) is 2.24. The average Bonchev–Trinajstić information content (AvgIpc) is 2.49. The Hall–Kier alpha value is -2.61. The molecule has 0 unspecified atom stereocenters. The Labute approximate surface area is 112 Å². The van der Waals surface area contributed by atoms with Gasteiger partial charge in [0.2, 0.25) is 0 Å². The van der Waals surface area contributed by atoms with Crippen molar-refractivity contribution in [3.8, 4) is 22.3 Å². The first-order chi connectivity index (χ1) is 9.36. The van der Waals surface area contributed by atoms with Gasteiger partial charge < -0.3 is 5.73 Å². The van der Waals surface area contributed by atoms with Gasteiger partial charge in [-0.05, 0) is 22.8 Å². The topological polar surface area (TPSA) is 38.9 Å². The fraction of sp³-hybridized carbons (Fsp3) is 0. The maximum absolute atomic E-state index is 6.08. The Kier molecular flexibility index (Phi) is 2.99. The van der Waals surface area contributed by atoms with Crippen LogP contribution in [0, 0.1) is 0 Å². The summed E-state index contributed by atoms with van der Waals surface area (Å²) in [5.41, 5.74) is 10.4. The van der Waals surface area contributed by atoms with Gasteiger partial charge in [0.15, 0.2) is 0 Å². The number of pyridine rings is 1. The van der Waals surface area contributed by atoms with Gasteiger partial charge in [-0.2, -0.15) is 0 Å². The van der Waals surface area contributed by atoms with E-state index in [0.717, 1.165) is 22.3 Å². The zero-order chi connectivity index (χ0) is 13.1. The molecule has 0 atom stereocenters. The molecule has 0 saturated carbocycles. The molecule has 92 valence electrons. The van der Waals surface area contributed by atoms with Crippen molar-refractivity contribution in [3.63, 3.8) is 0 Å². The van der Waals surface area contributed by atoms with Crippen molar-refractivity contribution in [2.45, 2.75) is 0 Å². The number of hydrogen-bond donors (Lipinski definition) is 1. The largest absolute Gasteiger partial charge is 0.383 e. The van der Waals surface area contributed by atoms with Gasteiger partial charge in [0.05, 0.1) is 0 Å². The summed E-state index contributed by atoms with van der Waals surface area (Å²) in [6, 6.07) is 22.4. The first-order valence-electron chi connectivity index (χ1n) is 6.21. The molecule has 0 aliphatic rings. The maximum atomic E-state index is 6.08. The normalized spacial score (nSPS) is 10.3. The van der Waals surface area contributed by atoms with Gasteiger partial charge in [-0.3, -0.25) is 0 Å². The minimum Gasteiger partial charge on any atom is -0.383 e. The summed E-state index contributed by atoms with van der Waals surface area (Å²) in [5, 5.41) is 0. The number of hydrogen-bond acceptors (Lipinski definition) is 2. The van der Waals surface area contributed by atoms with Gasteiger partial charge in [0, 0.05) is 11.8 Å². The van der Waals surface area contributed by atoms with Gasteiger partial charge in [-0.25, -0.2) is 4.98 Å². The van der Waals surface area contributed by atoms with Crippen molar-refractivity contribution in [1.82, 2.24) is 4.98 Å². The molecule has 0 aliphatic carbocycles. The van der Waals surface area contributed by atoms with Crippen molar-refractivity contribution >= 4 is 5.82 Å². The number of aromatic nitrogens is 1. The van der Waals surface area contributed by atoms with Crippen LogP contribution in [0.15, 0.2) is 72.9 Å². The SMILES string of the molecule is Nc1nccc(-c2ccccc2)c1-c1ccccc1. The van der Waals surface area contributed by atoms with Crippen LogP contribution in [0.1, 0.15) is 0 Å². The third-order valence-electron chi connectivity index (χ3n) is 3.13. The second kappa shape index (κ2) is 4.94. The number of anilines is 1. The van der Waals surface area contributed by atoms with Crippen LogP contribution in [0.25, 0.3) is 22.3 Å². The van der Waals surface area contributed by atoms with Gasteiger partial charge in [-0.1, -0.05) is 60.7 Å². The van der Waals surface area contributed by atoms with Crippen molar-refractivity contribution in [1.29, 1.82) is 0 Å². The second-order valence-corrected chi connectivity index (χ2v) is 4.35. The molecule has 0 bridgehead atoms. The van der Waals surface area contributed by atoms with Crippen LogP contribution in [0.5, 0.6) is 0 Å². The highest BCUT2D eigenvalue weighted by molar-refractivity contribution is 5.89. The molecule has 2 heteroatoms. The summed E-state index contributed by atoms with van der Waals surface area (Å²) in [6.07, 6.45) is 1.75. The van der Waals surface area contributed by atoms with Gasteiger partial charge in [-0.15, -0.1) is 0 Å². The molecule has 2 aromatic carbocycles. The molecule has 0 radical (unpaired) electrons. The van der Waals surface area contributed by atoms with E-state index in [1.165, 1.54) is 0 Å². The first-order valence-corrected chi connectivity index (χ1v) is 6.21. The van der Waals surface area contributed by atoms with Gasteiger partial charge >= 0.3 is 0 Å². The van der Waals surface area contributed by atoms with E-state index >= 15 is 0 Å². The van der Waals surface area contributed by atoms with Crippen molar-refractivity contribution < 1.29 is 0 Å². The van der Waals surface area contributed by atoms with Crippen LogP contribution in [0.2, 0.25) is 0 Å². The molecular formula is C17H14N2. The minimum absolute atomic E-state index is 0.563.